The van der Waals surface area contributed by atoms with Crippen LogP contribution in [0.4, 0.5) is 4.39 Å². The summed E-state index contributed by atoms with van der Waals surface area (Å²) in [5, 5.41) is -0.252. The van der Waals surface area contributed by atoms with Gasteiger partial charge in [-0.05, 0) is 24.6 Å². The summed E-state index contributed by atoms with van der Waals surface area (Å²) >= 11 is 1.42. The molecule has 1 atom stereocenters. The standard InChI is InChI=1S/C13H14FNO3S/c1-2-18-12(17)7-15-11(16)8-19-13(15)9-3-5-10(14)6-4-9/h3-6,13H,2,7-8H2,1H3. The second-order valence-corrected chi connectivity index (χ2v) is 5.11. The normalized spacial score (nSPS) is 18.7. The monoisotopic (exact) mass is 283 g/mol. The van der Waals surface area contributed by atoms with Crippen LogP contribution in [0.1, 0.15) is 17.9 Å². The van der Waals surface area contributed by atoms with Crippen molar-refractivity contribution in [1.29, 1.82) is 0 Å². The lowest BCUT2D eigenvalue weighted by Gasteiger charge is -2.23. The molecule has 1 saturated heterocycles. The van der Waals surface area contributed by atoms with E-state index in [-0.39, 0.29) is 30.2 Å². The molecule has 1 aliphatic heterocycles. The Hall–Kier alpha value is -1.56. The first-order valence-corrected chi connectivity index (χ1v) is 6.99. The van der Waals surface area contributed by atoms with Crippen LogP contribution in [0, 0.1) is 5.82 Å². The van der Waals surface area contributed by atoms with Gasteiger partial charge in [-0.3, -0.25) is 9.59 Å². The van der Waals surface area contributed by atoms with Gasteiger partial charge in [-0.1, -0.05) is 12.1 Å². The van der Waals surface area contributed by atoms with Gasteiger partial charge in [0.1, 0.15) is 17.7 Å². The van der Waals surface area contributed by atoms with Crippen molar-refractivity contribution in [2.45, 2.75) is 12.3 Å². The minimum absolute atomic E-state index is 0.0677. The van der Waals surface area contributed by atoms with E-state index in [4.69, 9.17) is 4.74 Å². The quantitative estimate of drug-likeness (QED) is 0.793. The molecule has 0 N–H and O–H groups in total. The van der Waals surface area contributed by atoms with Gasteiger partial charge in [0.15, 0.2) is 0 Å². The molecule has 0 aromatic heterocycles. The van der Waals surface area contributed by atoms with Gasteiger partial charge in [0, 0.05) is 0 Å². The van der Waals surface area contributed by atoms with Crippen LogP contribution in [0.2, 0.25) is 0 Å². The van der Waals surface area contributed by atoms with E-state index in [2.05, 4.69) is 0 Å². The molecule has 1 aliphatic rings. The third-order valence-electron chi connectivity index (χ3n) is 2.73. The van der Waals surface area contributed by atoms with Gasteiger partial charge in [0.25, 0.3) is 0 Å². The molecule has 0 aliphatic carbocycles. The van der Waals surface area contributed by atoms with E-state index in [1.165, 1.54) is 28.8 Å². The summed E-state index contributed by atoms with van der Waals surface area (Å²) in [6.45, 7) is 1.94. The van der Waals surface area contributed by atoms with E-state index in [0.29, 0.717) is 5.75 Å². The first-order chi connectivity index (χ1) is 9.11. The number of ether oxygens (including phenoxy) is 1. The van der Waals surface area contributed by atoms with Crippen molar-refractivity contribution in [1.82, 2.24) is 4.90 Å². The van der Waals surface area contributed by atoms with Gasteiger partial charge in [-0.25, -0.2) is 4.39 Å². The Kier molecular flexibility index (Phi) is 4.42. The highest BCUT2D eigenvalue weighted by atomic mass is 32.2. The molecule has 1 aromatic carbocycles. The summed E-state index contributed by atoms with van der Waals surface area (Å²) < 4.78 is 17.7. The van der Waals surface area contributed by atoms with Gasteiger partial charge in [-0.2, -0.15) is 0 Å². The van der Waals surface area contributed by atoms with Gasteiger partial charge in [0.05, 0.1) is 12.4 Å². The van der Waals surface area contributed by atoms with Crippen LogP contribution in [0.3, 0.4) is 0 Å². The van der Waals surface area contributed by atoms with Crippen LogP contribution in [0.25, 0.3) is 0 Å². The number of carbonyl (C=O) groups excluding carboxylic acids is 2. The van der Waals surface area contributed by atoms with Crippen LogP contribution >= 0.6 is 11.8 Å². The van der Waals surface area contributed by atoms with Crippen LogP contribution in [-0.2, 0) is 14.3 Å². The topological polar surface area (TPSA) is 46.6 Å². The van der Waals surface area contributed by atoms with Crippen molar-refractivity contribution in [3.05, 3.63) is 35.6 Å². The Morgan fingerprint density at radius 3 is 2.79 bits per heavy atom. The molecule has 0 radical (unpaired) electrons. The lowest BCUT2D eigenvalue weighted by Crippen LogP contribution is -2.34. The summed E-state index contributed by atoms with van der Waals surface area (Å²) in [5.74, 6) is -0.533. The highest BCUT2D eigenvalue weighted by Gasteiger charge is 2.34. The molecular weight excluding hydrogens is 269 g/mol. The Morgan fingerprint density at radius 2 is 2.16 bits per heavy atom. The first-order valence-electron chi connectivity index (χ1n) is 5.94. The average molecular weight is 283 g/mol. The summed E-state index contributed by atoms with van der Waals surface area (Å²) in [5.41, 5.74) is 0.807. The number of carbonyl (C=O) groups is 2. The van der Waals surface area contributed by atoms with Crippen molar-refractivity contribution in [2.75, 3.05) is 18.9 Å². The minimum atomic E-state index is -0.425. The molecular formula is C13H14FNO3S. The zero-order chi connectivity index (χ0) is 13.8. The number of esters is 1. The second kappa shape index (κ2) is 6.06. The van der Waals surface area contributed by atoms with E-state index in [1.807, 2.05) is 0 Å². The number of hydrogen-bond donors (Lipinski definition) is 0. The second-order valence-electron chi connectivity index (χ2n) is 4.04. The predicted molar refractivity (Wildman–Crippen MR) is 69.9 cm³/mol. The number of halogens is 1. The third kappa shape index (κ3) is 3.26. The number of thioether (sulfide) groups is 1. The largest absolute Gasteiger partial charge is 0.465 e. The summed E-state index contributed by atoms with van der Waals surface area (Å²) in [4.78, 5) is 24.7. The Morgan fingerprint density at radius 1 is 1.47 bits per heavy atom. The van der Waals surface area contributed by atoms with Crippen LogP contribution in [0.5, 0.6) is 0 Å². The van der Waals surface area contributed by atoms with Gasteiger partial charge in [-0.15, -0.1) is 11.8 Å². The van der Waals surface area contributed by atoms with Crippen molar-refractivity contribution < 1.29 is 18.7 Å². The molecule has 0 saturated carbocycles. The number of rotatable bonds is 4. The summed E-state index contributed by atoms with van der Waals surface area (Å²) in [6, 6.07) is 5.95. The molecule has 1 amide bonds. The van der Waals surface area contributed by atoms with Crippen molar-refractivity contribution >= 4 is 23.6 Å². The number of hydrogen-bond acceptors (Lipinski definition) is 4. The van der Waals surface area contributed by atoms with Crippen LogP contribution in [-0.4, -0.2) is 35.7 Å². The smallest absolute Gasteiger partial charge is 0.325 e. The minimum Gasteiger partial charge on any atom is -0.465 e. The lowest BCUT2D eigenvalue weighted by atomic mass is 10.2. The summed E-state index contributed by atoms with van der Waals surface area (Å²) in [7, 11) is 0. The third-order valence-corrected chi connectivity index (χ3v) is 3.98. The fraction of sp³-hybridized carbons (Fsp3) is 0.385. The summed E-state index contributed by atoms with van der Waals surface area (Å²) in [6.07, 6.45) is 0. The molecule has 102 valence electrons. The number of amides is 1. The van der Waals surface area contributed by atoms with Crippen molar-refractivity contribution in [3.63, 3.8) is 0 Å². The van der Waals surface area contributed by atoms with Gasteiger partial charge >= 0.3 is 5.97 Å². The Labute approximate surface area is 114 Å². The predicted octanol–water partition coefficient (Wildman–Crippen LogP) is 1.96. The van der Waals surface area contributed by atoms with E-state index >= 15 is 0 Å². The highest BCUT2D eigenvalue weighted by molar-refractivity contribution is 8.00. The van der Waals surface area contributed by atoms with Gasteiger partial charge in [0.2, 0.25) is 5.91 Å². The first kappa shape index (κ1) is 13.9. The fourth-order valence-corrected chi connectivity index (χ4v) is 3.06. The Balaban J connectivity index is 2.12. The van der Waals surface area contributed by atoms with E-state index in [1.54, 1.807) is 19.1 Å². The molecule has 0 spiro atoms. The zero-order valence-corrected chi connectivity index (χ0v) is 11.3. The average Bonchev–Trinajstić information content (AvgIpc) is 2.73. The zero-order valence-electron chi connectivity index (χ0n) is 10.5. The SMILES string of the molecule is CCOC(=O)CN1C(=O)CSC1c1ccc(F)cc1. The van der Waals surface area contributed by atoms with E-state index < -0.39 is 5.97 Å². The molecule has 1 fully saturated rings. The van der Waals surface area contributed by atoms with Gasteiger partial charge < -0.3 is 9.64 Å². The molecule has 4 nitrogen and oxygen atoms in total. The number of benzene rings is 1. The molecule has 6 heteroatoms. The molecule has 19 heavy (non-hydrogen) atoms. The van der Waals surface area contributed by atoms with E-state index in [0.717, 1.165) is 5.56 Å². The molecule has 2 rings (SSSR count). The van der Waals surface area contributed by atoms with Crippen molar-refractivity contribution in [2.24, 2.45) is 0 Å². The maximum atomic E-state index is 12.9. The van der Waals surface area contributed by atoms with E-state index in [9.17, 15) is 14.0 Å². The number of nitrogens with zero attached hydrogens (tertiary/aromatic N) is 1. The molecule has 0 bridgehead atoms. The van der Waals surface area contributed by atoms with Crippen LogP contribution < -0.4 is 0 Å². The maximum Gasteiger partial charge on any atom is 0.325 e. The molecule has 1 unspecified atom stereocenters. The maximum absolute atomic E-state index is 12.9. The fourth-order valence-electron chi connectivity index (χ4n) is 1.87. The highest BCUT2D eigenvalue weighted by Crippen LogP contribution is 2.38. The molecule has 1 heterocycles. The molecule has 1 aromatic rings. The van der Waals surface area contributed by atoms with Crippen LogP contribution in [0.15, 0.2) is 24.3 Å². The van der Waals surface area contributed by atoms with Crippen molar-refractivity contribution in [3.8, 4) is 0 Å². The lowest BCUT2D eigenvalue weighted by molar-refractivity contribution is -0.148. The Bertz CT molecular complexity index is 477.